The highest BCUT2D eigenvalue weighted by Crippen LogP contribution is 2.25. The van der Waals surface area contributed by atoms with Gasteiger partial charge in [0.05, 0.1) is 0 Å². The summed E-state index contributed by atoms with van der Waals surface area (Å²) in [5.74, 6) is 0.0752. The molecule has 0 aromatic carbocycles. The van der Waals surface area contributed by atoms with E-state index in [4.69, 9.17) is 5.11 Å². The number of nitrogens with one attached hydrogen (secondary N) is 1. The maximum Gasteiger partial charge on any atom is 0.317 e. The highest BCUT2D eigenvalue weighted by Gasteiger charge is 2.28. The van der Waals surface area contributed by atoms with Crippen molar-refractivity contribution in [3.05, 3.63) is 0 Å². The number of carboxylic acid groups (broad SMARTS) is 1. The van der Waals surface area contributed by atoms with Crippen LogP contribution in [-0.2, 0) is 4.79 Å². The molecule has 1 aliphatic rings. The number of carbonyl (C=O) groups excluding carboxylic acids is 1. The van der Waals surface area contributed by atoms with Crippen LogP contribution in [0.15, 0.2) is 0 Å². The van der Waals surface area contributed by atoms with Gasteiger partial charge < -0.3 is 15.3 Å². The summed E-state index contributed by atoms with van der Waals surface area (Å²) in [6.07, 6.45) is 1.77. The summed E-state index contributed by atoms with van der Waals surface area (Å²) in [6.45, 7) is 10.7. The molecule has 0 aliphatic carbocycles. The van der Waals surface area contributed by atoms with E-state index < -0.39 is 5.97 Å². The van der Waals surface area contributed by atoms with Gasteiger partial charge in [-0.25, -0.2) is 4.79 Å². The lowest BCUT2D eigenvalue weighted by Crippen LogP contribution is -2.43. The normalized spacial score (nSPS) is 19.4. The smallest absolute Gasteiger partial charge is 0.317 e. The van der Waals surface area contributed by atoms with E-state index in [1.807, 2.05) is 4.90 Å². The molecule has 1 fully saturated rings. The second-order valence-electron chi connectivity index (χ2n) is 6.84. The van der Waals surface area contributed by atoms with Crippen LogP contribution >= 0.6 is 0 Å². The third kappa shape index (κ3) is 5.02. The fraction of sp³-hybridized carbons (Fsp3) is 0.867. The van der Waals surface area contributed by atoms with Gasteiger partial charge in [0, 0.05) is 26.1 Å². The standard InChI is InChI=1S/C15H28N2O3/c1-11(2)15(3,4)10-16-14(20)17-8-7-12(9-17)5-6-13(18)19/h11-12H,5-10H2,1-4H3,(H,16,20)(H,18,19). The molecule has 1 aliphatic heterocycles. The van der Waals surface area contributed by atoms with Gasteiger partial charge in [0.15, 0.2) is 0 Å². The van der Waals surface area contributed by atoms with Crippen LogP contribution in [0.1, 0.15) is 47.0 Å². The number of likely N-dealkylation sites (tertiary alicyclic amines) is 1. The van der Waals surface area contributed by atoms with Gasteiger partial charge in [0.1, 0.15) is 0 Å². The predicted octanol–water partition coefficient (Wildman–Crippen LogP) is 2.56. The average molecular weight is 284 g/mol. The summed E-state index contributed by atoms with van der Waals surface area (Å²) in [5, 5.41) is 11.7. The fourth-order valence-electron chi connectivity index (χ4n) is 2.20. The van der Waals surface area contributed by atoms with Crippen LogP contribution in [0.2, 0.25) is 0 Å². The molecule has 1 rings (SSSR count). The number of urea groups is 1. The van der Waals surface area contributed by atoms with Gasteiger partial charge in [-0.05, 0) is 30.1 Å². The van der Waals surface area contributed by atoms with Crippen LogP contribution in [0, 0.1) is 17.3 Å². The van der Waals surface area contributed by atoms with Crippen molar-refractivity contribution in [1.29, 1.82) is 0 Å². The summed E-state index contributed by atoms with van der Waals surface area (Å²) in [6, 6.07) is -0.0171. The number of rotatable bonds is 6. The van der Waals surface area contributed by atoms with Gasteiger partial charge in [-0.1, -0.05) is 27.7 Å². The Bertz CT molecular complexity index is 353. The van der Waals surface area contributed by atoms with E-state index in [-0.39, 0.29) is 17.9 Å². The second kappa shape index (κ2) is 6.95. The minimum atomic E-state index is -0.758. The molecule has 2 amide bonds. The number of amides is 2. The number of hydrogen-bond donors (Lipinski definition) is 2. The first-order chi connectivity index (χ1) is 9.22. The number of carbonyl (C=O) groups is 2. The highest BCUT2D eigenvalue weighted by atomic mass is 16.4. The van der Waals surface area contributed by atoms with Crippen LogP contribution in [0.3, 0.4) is 0 Å². The average Bonchev–Trinajstić information content (AvgIpc) is 2.82. The molecule has 0 saturated carbocycles. The Kier molecular flexibility index (Phi) is 5.84. The molecule has 20 heavy (non-hydrogen) atoms. The van der Waals surface area contributed by atoms with Gasteiger partial charge in [-0.2, -0.15) is 0 Å². The molecule has 5 nitrogen and oxygen atoms in total. The van der Waals surface area contributed by atoms with Gasteiger partial charge in [0.2, 0.25) is 0 Å². The van der Waals surface area contributed by atoms with Gasteiger partial charge in [-0.3, -0.25) is 4.79 Å². The third-order valence-corrected chi connectivity index (χ3v) is 4.60. The van der Waals surface area contributed by atoms with Crippen molar-refractivity contribution >= 4 is 12.0 Å². The van der Waals surface area contributed by atoms with Gasteiger partial charge in [0.25, 0.3) is 0 Å². The van der Waals surface area contributed by atoms with E-state index >= 15 is 0 Å². The van der Waals surface area contributed by atoms with Crippen molar-refractivity contribution in [3.8, 4) is 0 Å². The molecule has 116 valence electrons. The van der Waals surface area contributed by atoms with E-state index in [1.165, 1.54) is 0 Å². The van der Waals surface area contributed by atoms with E-state index in [1.54, 1.807) is 0 Å². The summed E-state index contributed by atoms with van der Waals surface area (Å²) in [5.41, 5.74) is 0.0814. The molecule has 1 unspecified atom stereocenters. The zero-order valence-electron chi connectivity index (χ0n) is 13.1. The Balaban J connectivity index is 2.33. The molecule has 0 spiro atoms. The van der Waals surface area contributed by atoms with Crippen molar-refractivity contribution in [3.63, 3.8) is 0 Å². The lowest BCUT2D eigenvalue weighted by Gasteiger charge is -2.30. The van der Waals surface area contributed by atoms with Crippen molar-refractivity contribution in [2.24, 2.45) is 17.3 Å². The summed E-state index contributed by atoms with van der Waals surface area (Å²) < 4.78 is 0. The maximum atomic E-state index is 12.1. The fourth-order valence-corrected chi connectivity index (χ4v) is 2.20. The SMILES string of the molecule is CC(C)C(C)(C)CNC(=O)N1CCC(CCC(=O)O)C1. The van der Waals surface area contributed by atoms with Gasteiger partial charge in [-0.15, -0.1) is 0 Å². The van der Waals surface area contributed by atoms with Crippen molar-refractivity contribution in [2.75, 3.05) is 19.6 Å². The van der Waals surface area contributed by atoms with Crippen LogP contribution in [0.5, 0.6) is 0 Å². The summed E-state index contributed by atoms with van der Waals surface area (Å²) in [7, 11) is 0. The van der Waals surface area contributed by atoms with E-state index in [9.17, 15) is 9.59 Å². The lowest BCUT2D eigenvalue weighted by atomic mass is 9.81. The molecule has 5 heteroatoms. The minimum Gasteiger partial charge on any atom is -0.481 e. The monoisotopic (exact) mass is 284 g/mol. The van der Waals surface area contributed by atoms with E-state index in [0.29, 0.717) is 31.3 Å². The number of hydrogen-bond acceptors (Lipinski definition) is 2. The molecular formula is C15H28N2O3. The Morgan fingerprint density at radius 2 is 2.05 bits per heavy atom. The molecule has 0 aromatic heterocycles. The molecule has 2 N–H and O–H groups in total. The Labute approximate surface area is 121 Å². The van der Waals surface area contributed by atoms with Crippen molar-refractivity contribution < 1.29 is 14.7 Å². The first-order valence-electron chi connectivity index (χ1n) is 7.47. The zero-order chi connectivity index (χ0) is 15.3. The van der Waals surface area contributed by atoms with Crippen molar-refractivity contribution in [1.82, 2.24) is 10.2 Å². The van der Waals surface area contributed by atoms with Crippen LogP contribution in [-0.4, -0.2) is 41.6 Å². The minimum absolute atomic E-state index is 0.0171. The summed E-state index contributed by atoms with van der Waals surface area (Å²) >= 11 is 0. The van der Waals surface area contributed by atoms with Crippen LogP contribution < -0.4 is 5.32 Å². The molecule has 1 heterocycles. The number of carboxylic acids is 1. The molecular weight excluding hydrogens is 256 g/mol. The Morgan fingerprint density at radius 1 is 1.40 bits per heavy atom. The Morgan fingerprint density at radius 3 is 2.60 bits per heavy atom. The first-order valence-corrected chi connectivity index (χ1v) is 7.47. The first kappa shape index (κ1) is 16.8. The predicted molar refractivity (Wildman–Crippen MR) is 78.6 cm³/mol. The lowest BCUT2D eigenvalue weighted by molar-refractivity contribution is -0.137. The summed E-state index contributed by atoms with van der Waals surface area (Å²) in [4.78, 5) is 24.5. The van der Waals surface area contributed by atoms with Crippen molar-refractivity contribution in [2.45, 2.75) is 47.0 Å². The molecule has 0 radical (unpaired) electrons. The van der Waals surface area contributed by atoms with E-state index in [0.717, 1.165) is 13.0 Å². The molecule has 1 saturated heterocycles. The maximum absolute atomic E-state index is 12.1. The van der Waals surface area contributed by atoms with E-state index in [2.05, 4.69) is 33.0 Å². The highest BCUT2D eigenvalue weighted by molar-refractivity contribution is 5.74. The number of aliphatic carboxylic acids is 1. The van der Waals surface area contributed by atoms with Gasteiger partial charge >= 0.3 is 12.0 Å². The third-order valence-electron chi connectivity index (χ3n) is 4.60. The molecule has 1 atom stereocenters. The zero-order valence-corrected chi connectivity index (χ0v) is 13.1. The number of nitrogens with zero attached hydrogens (tertiary/aromatic N) is 1. The van der Waals surface area contributed by atoms with Crippen LogP contribution in [0.25, 0.3) is 0 Å². The molecule has 0 bridgehead atoms. The van der Waals surface area contributed by atoms with Crippen LogP contribution in [0.4, 0.5) is 4.79 Å². The topological polar surface area (TPSA) is 69.6 Å². The largest absolute Gasteiger partial charge is 0.481 e. The quantitative estimate of drug-likeness (QED) is 0.787. The Hall–Kier alpha value is -1.26. The molecule has 0 aromatic rings. The second-order valence-corrected chi connectivity index (χ2v) is 6.84.